The molecule has 0 spiro atoms. The van der Waals surface area contributed by atoms with E-state index >= 15 is 0 Å². The van der Waals surface area contributed by atoms with Gasteiger partial charge >= 0.3 is 0 Å². The maximum Gasteiger partial charge on any atom is 0.186 e. The molecule has 0 radical (unpaired) electrons. The molecule has 2 saturated heterocycles. The largest absolute Gasteiger partial charge is 0.394 e. The van der Waals surface area contributed by atoms with Gasteiger partial charge < -0.3 is 39.4 Å². The van der Waals surface area contributed by atoms with Gasteiger partial charge in [0.15, 0.2) is 12.1 Å². The summed E-state index contributed by atoms with van der Waals surface area (Å²) in [6, 6.07) is 0. The second kappa shape index (κ2) is 11.8. The molecular weight excluding hydrogens is 536 g/mol. The minimum absolute atomic E-state index is 0.130. The maximum atomic E-state index is 10.3. The molecular formula is C34H58O8. The molecule has 0 bridgehead atoms. The fraction of sp³-hybridized carbons (Fsp3) is 1.00. The summed E-state index contributed by atoms with van der Waals surface area (Å²) in [7, 11) is 1.80. The number of ether oxygens (including phenoxy) is 4. The molecule has 0 amide bonds. The predicted molar refractivity (Wildman–Crippen MR) is 157 cm³/mol. The molecule has 4 aliphatic carbocycles. The number of hydrogen-bond acceptors (Lipinski definition) is 8. The maximum absolute atomic E-state index is 10.3. The van der Waals surface area contributed by atoms with Crippen LogP contribution in [0.1, 0.15) is 98.3 Å². The van der Waals surface area contributed by atoms with Crippen LogP contribution >= 0.6 is 0 Å². The number of rotatable bonds is 8. The summed E-state index contributed by atoms with van der Waals surface area (Å²) in [5.74, 6) is 3.78. The van der Waals surface area contributed by atoms with Crippen molar-refractivity contribution in [3.8, 4) is 0 Å². The molecule has 0 aromatic carbocycles. The molecule has 2 aliphatic heterocycles. The van der Waals surface area contributed by atoms with E-state index in [1.54, 1.807) is 7.11 Å². The Morgan fingerprint density at radius 2 is 1.71 bits per heavy atom. The van der Waals surface area contributed by atoms with Crippen LogP contribution in [0.4, 0.5) is 0 Å². The topological polar surface area (TPSA) is 118 Å². The second-order valence-corrected chi connectivity index (χ2v) is 15.8. The highest BCUT2D eigenvalue weighted by Crippen LogP contribution is 2.71. The van der Waals surface area contributed by atoms with Gasteiger partial charge in [0.1, 0.15) is 24.4 Å². The van der Waals surface area contributed by atoms with Crippen LogP contribution in [0.15, 0.2) is 0 Å². The van der Waals surface area contributed by atoms with Gasteiger partial charge in [-0.15, -0.1) is 0 Å². The van der Waals surface area contributed by atoms with Crippen molar-refractivity contribution in [2.75, 3.05) is 20.3 Å². The minimum Gasteiger partial charge on any atom is -0.394 e. The Bertz CT molecular complexity index is 947. The Kier molecular flexibility index (Phi) is 8.89. The van der Waals surface area contributed by atoms with Crippen LogP contribution in [-0.2, 0) is 18.9 Å². The normalized spacial score (nSPS) is 54.5. The number of fused-ring (bicyclic) bond motifs is 7. The van der Waals surface area contributed by atoms with E-state index in [9.17, 15) is 20.4 Å². The van der Waals surface area contributed by atoms with Gasteiger partial charge in [0.05, 0.1) is 19.3 Å². The lowest BCUT2D eigenvalue weighted by atomic mass is 9.44. The Labute approximate surface area is 252 Å². The highest BCUT2D eigenvalue weighted by molar-refractivity contribution is 5.15. The van der Waals surface area contributed by atoms with E-state index in [0.717, 1.165) is 36.5 Å². The molecule has 4 saturated carbocycles. The molecule has 8 nitrogen and oxygen atoms in total. The number of aliphatic hydroxyl groups is 4. The molecule has 0 aromatic heterocycles. The zero-order chi connectivity index (χ0) is 30.0. The van der Waals surface area contributed by atoms with Crippen molar-refractivity contribution in [2.24, 2.45) is 52.3 Å². The van der Waals surface area contributed by atoms with Crippen LogP contribution in [-0.4, -0.2) is 83.3 Å². The Hall–Kier alpha value is -0.320. The predicted octanol–water partition coefficient (Wildman–Crippen LogP) is 4.26. The molecule has 6 aliphatic rings. The lowest BCUT2D eigenvalue weighted by molar-refractivity contribution is -0.303. The van der Waals surface area contributed by atoms with Gasteiger partial charge in [0.25, 0.3) is 0 Å². The lowest BCUT2D eigenvalue weighted by Gasteiger charge is -2.60. The average Bonchev–Trinajstić information content (AvgIpc) is 3.44. The molecule has 16 atom stereocenters. The highest BCUT2D eigenvalue weighted by atomic mass is 16.7. The van der Waals surface area contributed by atoms with Crippen LogP contribution < -0.4 is 0 Å². The number of hydrogen-bond donors (Lipinski definition) is 4. The smallest absolute Gasteiger partial charge is 0.186 e. The van der Waals surface area contributed by atoms with E-state index in [0.29, 0.717) is 29.3 Å². The molecule has 0 unspecified atom stereocenters. The average molecular weight is 595 g/mol. The minimum atomic E-state index is -1.43. The van der Waals surface area contributed by atoms with Crippen LogP contribution in [0.2, 0.25) is 0 Å². The third-order valence-electron chi connectivity index (χ3n) is 14.0. The number of aliphatic hydroxyl groups excluding tert-OH is 4. The molecule has 2 heterocycles. The van der Waals surface area contributed by atoms with Gasteiger partial charge in [-0.25, -0.2) is 0 Å². The van der Waals surface area contributed by atoms with Gasteiger partial charge in [-0.3, -0.25) is 0 Å². The van der Waals surface area contributed by atoms with E-state index < -0.39 is 43.1 Å². The fourth-order valence-electron chi connectivity index (χ4n) is 11.6. The van der Waals surface area contributed by atoms with Crippen molar-refractivity contribution in [3.05, 3.63) is 0 Å². The van der Waals surface area contributed by atoms with Gasteiger partial charge in [0.2, 0.25) is 0 Å². The molecule has 6 rings (SSSR count). The van der Waals surface area contributed by atoms with E-state index in [1.807, 2.05) is 0 Å². The van der Waals surface area contributed by atoms with Crippen LogP contribution in [0.3, 0.4) is 0 Å². The standard InChI is InChI=1S/C34H58O8/c1-19(18-40-31-30(38)29(37)28(36)26(17-35)41-31)11-15-34(39-5)20(2)27-25(42-34)16-24-22-10-9-21-8-6-7-13-32(21,3)23(22)12-14-33(24,27)4/h19-31,35-38H,6-18H2,1-5H3/t19-,20-,21-,22+,23-,24-,25-,26+,27-,28+,29+,30+,31+,32-,33-,34-/m0/s1. The molecule has 6 fully saturated rings. The summed E-state index contributed by atoms with van der Waals surface area (Å²) in [5.41, 5.74) is 0.859. The van der Waals surface area contributed by atoms with Crippen molar-refractivity contribution in [3.63, 3.8) is 0 Å². The fourth-order valence-corrected chi connectivity index (χ4v) is 11.6. The first-order valence-corrected chi connectivity index (χ1v) is 17.1. The molecule has 8 heteroatoms. The Morgan fingerprint density at radius 3 is 2.45 bits per heavy atom. The third-order valence-corrected chi connectivity index (χ3v) is 14.0. The van der Waals surface area contributed by atoms with E-state index in [-0.39, 0.29) is 12.0 Å². The third kappa shape index (κ3) is 4.94. The first-order valence-electron chi connectivity index (χ1n) is 17.1. The second-order valence-electron chi connectivity index (χ2n) is 15.8. The van der Waals surface area contributed by atoms with Crippen LogP contribution in [0, 0.1) is 52.3 Å². The van der Waals surface area contributed by atoms with Gasteiger partial charge in [-0.1, -0.05) is 40.5 Å². The van der Waals surface area contributed by atoms with Gasteiger partial charge in [-0.2, -0.15) is 0 Å². The van der Waals surface area contributed by atoms with E-state index in [1.165, 1.54) is 57.8 Å². The first kappa shape index (κ1) is 31.7. The summed E-state index contributed by atoms with van der Waals surface area (Å²) in [6.07, 6.45) is 8.06. The SMILES string of the molecule is CO[C@@]1(CC[C@H](C)CO[C@@H]2O[C@H](CO)[C@@H](O)[C@@H](O)[C@H]2O)O[C@H]2C[C@H]3[C@@H]4CC[C@@H]5CCCC[C@]5(C)[C@H]4CC[C@]3(C)[C@H]2[C@@H]1C. The monoisotopic (exact) mass is 594 g/mol. The molecule has 42 heavy (non-hydrogen) atoms. The van der Waals surface area contributed by atoms with Crippen molar-refractivity contribution < 1.29 is 39.4 Å². The molecule has 4 N–H and O–H groups in total. The van der Waals surface area contributed by atoms with Gasteiger partial charge in [-0.05, 0) is 97.7 Å². The quantitative estimate of drug-likeness (QED) is 0.330. The zero-order valence-corrected chi connectivity index (χ0v) is 26.6. The summed E-state index contributed by atoms with van der Waals surface area (Å²) < 4.78 is 24.6. The number of methoxy groups -OCH3 is 1. The van der Waals surface area contributed by atoms with Gasteiger partial charge in [0, 0.05) is 19.4 Å². The molecule has 242 valence electrons. The summed E-state index contributed by atoms with van der Waals surface area (Å²) >= 11 is 0. The van der Waals surface area contributed by atoms with E-state index in [4.69, 9.17) is 18.9 Å². The van der Waals surface area contributed by atoms with Crippen LogP contribution in [0.5, 0.6) is 0 Å². The Morgan fingerprint density at radius 1 is 0.929 bits per heavy atom. The first-order chi connectivity index (χ1) is 20.0. The van der Waals surface area contributed by atoms with Crippen molar-refractivity contribution in [1.29, 1.82) is 0 Å². The van der Waals surface area contributed by atoms with Crippen molar-refractivity contribution in [2.45, 2.75) is 141 Å². The zero-order valence-electron chi connectivity index (χ0n) is 26.6. The van der Waals surface area contributed by atoms with Crippen LogP contribution in [0.25, 0.3) is 0 Å². The van der Waals surface area contributed by atoms with Crippen molar-refractivity contribution in [1.82, 2.24) is 0 Å². The summed E-state index contributed by atoms with van der Waals surface area (Å²) in [6.45, 7) is 9.55. The summed E-state index contributed by atoms with van der Waals surface area (Å²) in [4.78, 5) is 0. The lowest BCUT2D eigenvalue weighted by Crippen LogP contribution is -2.59. The molecule has 0 aromatic rings. The van der Waals surface area contributed by atoms with Crippen molar-refractivity contribution >= 4 is 0 Å². The Balaban J connectivity index is 1.08. The summed E-state index contributed by atoms with van der Waals surface area (Å²) in [5, 5.41) is 39.9. The highest BCUT2D eigenvalue weighted by Gasteiger charge is 2.68. The van der Waals surface area contributed by atoms with E-state index in [2.05, 4.69) is 27.7 Å².